The second kappa shape index (κ2) is 9.34. The molecule has 6 nitrogen and oxygen atoms in total. The normalized spacial score (nSPS) is 10.5. The molecule has 0 aliphatic heterocycles. The van der Waals surface area contributed by atoms with Crippen LogP contribution in [0.4, 0.5) is 0 Å². The Bertz CT molecular complexity index is 1000. The van der Waals surface area contributed by atoms with Crippen LogP contribution in [-0.2, 0) is 17.9 Å². The first-order chi connectivity index (χ1) is 13.6. The van der Waals surface area contributed by atoms with Crippen molar-refractivity contribution in [3.05, 3.63) is 92.8 Å². The number of ether oxygens (including phenoxy) is 1. The van der Waals surface area contributed by atoms with Crippen LogP contribution in [0.5, 0.6) is 5.75 Å². The summed E-state index contributed by atoms with van der Waals surface area (Å²) in [5, 5.41) is 11.3. The Morgan fingerprint density at radius 3 is 2.43 bits per heavy atom. The maximum absolute atomic E-state index is 12.7. The molecule has 1 heterocycles. The Kier molecular flexibility index (Phi) is 6.62. The first-order valence-corrected chi connectivity index (χ1v) is 9.42. The summed E-state index contributed by atoms with van der Waals surface area (Å²) in [6.45, 7) is 0.141. The predicted molar refractivity (Wildman–Crippen MR) is 109 cm³/mol. The van der Waals surface area contributed by atoms with Gasteiger partial charge in [0.1, 0.15) is 23.4 Å². The van der Waals surface area contributed by atoms with Gasteiger partial charge in [-0.05, 0) is 45.3 Å². The number of carbonyl (C=O) groups excluding carboxylic acids is 1. The van der Waals surface area contributed by atoms with E-state index in [1.807, 2.05) is 42.5 Å². The van der Waals surface area contributed by atoms with Crippen LogP contribution >= 0.6 is 15.9 Å². The van der Waals surface area contributed by atoms with E-state index in [0.29, 0.717) is 29.1 Å². The van der Waals surface area contributed by atoms with E-state index in [4.69, 9.17) is 9.84 Å². The lowest BCUT2D eigenvalue weighted by atomic mass is 10.2. The third kappa shape index (κ3) is 4.88. The molecule has 1 amide bonds. The summed E-state index contributed by atoms with van der Waals surface area (Å²) in [6, 6.07) is 18.7. The maximum Gasteiger partial charge on any atom is 0.273 e. The van der Waals surface area contributed by atoms with E-state index in [2.05, 4.69) is 21.2 Å². The van der Waals surface area contributed by atoms with Gasteiger partial charge in [-0.25, -0.2) is 0 Å². The van der Waals surface area contributed by atoms with Gasteiger partial charge in [-0.1, -0.05) is 42.5 Å². The molecule has 0 bridgehead atoms. The second-order valence-electron chi connectivity index (χ2n) is 6.04. The largest absolute Gasteiger partial charge is 0.487 e. The van der Waals surface area contributed by atoms with Crippen molar-refractivity contribution in [1.29, 1.82) is 0 Å². The first kappa shape index (κ1) is 19.9. The van der Waals surface area contributed by atoms with Crippen LogP contribution in [0, 0.1) is 0 Å². The van der Waals surface area contributed by atoms with Crippen LogP contribution in [0.1, 0.15) is 11.1 Å². The van der Waals surface area contributed by atoms with E-state index in [1.165, 1.54) is 4.57 Å². The van der Waals surface area contributed by atoms with Crippen LogP contribution in [0.25, 0.3) is 5.69 Å². The molecule has 7 heteroatoms. The quantitative estimate of drug-likeness (QED) is 0.589. The number of amides is 1. The van der Waals surface area contributed by atoms with Gasteiger partial charge in [0.25, 0.3) is 5.56 Å². The average molecular weight is 443 g/mol. The Labute approximate surface area is 170 Å². The van der Waals surface area contributed by atoms with Gasteiger partial charge in [0, 0.05) is 18.4 Å². The van der Waals surface area contributed by atoms with Crippen molar-refractivity contribution in [2.24, 2.45) is 0 Å². The molecule has 0 unspecified atom stereocenters. The topological polar surface area (TPSA) is 80.6 Å². The molecule has 1 aromatic heterocycles. The van der Waals surface area contributed by atoms with E-state index in [0.717, 1.165) is 11.1 Å². The van der Waals surface area contributed by atoms with Crippen molar-refractivity contribution in [2.75, 3.05) is 6.61 Å². The zero-order valence-electron chi connectivity index (χ0n) is 15.0. The number of hydrogen-bond acceptors (Lipinski definition) is 4. The number of aromatic nitrogens is 1. The van der Waals surface area contributed by atoms with Crippen LogP contribution in [-0.4, -0.2) is 22.2 Å². The fraction of sp³-hybridized carbons (Fsp3) is 0.143. The van der Waals surface area contributed by atoms with Gasteiger partial charge in [-0.2, -0.15) is 0 Å². The number of nitrogens with zero attached hydrogens (tertiary/aromatic N) is 1. The molecule has 3 aromatic rings. The number of aliphatic hydroxyl groups excluding tert-OH is 1. The van der Waals surface area contributed by atoms with Gasteiger partial charge in [-0.15, -0.1) is 0 Å². The highest BCUT2D eigenvalue weighted by molar-refractivity contribution is 9.10. The molecule has 0 fully saturated rings. The van der Waals surface area contributed by atoms with Crippen molar-refractivity contribution >= 4 is 21.8 Å². The number of hydrogen-bond donors (Lipinski definition) is 2. The lowest BCUT2D eigenvalue weighted by molar-refractivity contribution is -0.123. The Morgan fingerprint density at radius 1 is 1.04 bits per heavy atom. The van der Waals surface area contributed by atoms with Gasteiger partial charge in [0.15, 0.2) is 0 Å². The van der Waals surface area contributed by atoms with Crippen LogP contribution in [0.15, 0.2) is 76.1 Å². The second-order valence-corrected chi connectivity index (χ2v) is 6.84. The molecule has 0 atom stereocenters. The predicted octanol–water partition coefficient (Wildman–Crippen LogP) is 2.79. The summed E-state index contributed by atoms with van der Waals surface area (Å²) in [6.07, 6.45) is 1.66. The average Bonchev–Trinajstić information content (AvgIpc) is 2.74. The number of nitrogens with one attached hydrogen (secondary N) is 1. The number of halogens is 1. The Morgan fingerprint density at radius 2 is 1.75 bits per heavy atom. The lowest BCUT2D eigenvalue weighted by Gasteiger charge is -2.12. The molecule has 0 radical (unpaired) electrons. The minimum atomic E-state index is -0.541. The van der Waals surface area contributed by atoms with E-state index in [9.17, 15) is 9.59 Å². The summed E-state index contributed by atoms with van der Waals surface area (Å²) >= 11 is 3.34. The zero-order chi connectivity index (χ0) is 19.9. The maximum atomic E-state index is 12.7. The molecular weight excluding hydrogens is 424 g/mol. The summed E-state index contributed by atoms with van der Waals surface area (Å²) in [5.41, 5.74) is 2.34. The van der Waals surface area contributed by atoms with Crippen LogP contribution in [0.3, 0.4) is 0 Å². The van der Waals surface area contributed by atoms with Gasteiger partial charge >= 0.3 is 0 Å². The zero-order valence-corrected chi connectivity index (χ0v) is 16.6. The van der Waals surface area contributed by atoms with Crippen molar-refractivity contribution in [2.45, 2.75) is 13.2 Å². The molecule has 3 rings (SSSR count). The summed E-state index contributed by atoms with van der Waals surface area (Å²) in [7, 11) is 0. The SMILES string of the molecule is O=C(CO)NCc1ccc(-n2ccc(OCc3ccccc3)c(Br)c2=O)cc1. The number of rotatable bonds is 7. The summed E-state index contributed by atoms with van der Waals surface area (Å²) < 4.78 is 7.62. The van der Waals surface area contributed by atoms with Crippen LogP contribution < -0.4 is 15.6 Å². The Hall–Kier alpha value is -2.90. The summed E-state index contributed by atoms with van der Waals surface area (Å²) in [4.78, 5) is 23.8. The van der Waals surface area contributed by atoms with Crippen LogP contribution in [0.2, 0.25) is 0 Å². The number of pyridine rings is 1. The molecule has 0 saturated heterocycles. The van der Waals surface area contributed by atoms with Gasteiger partial charge < -0.3 is 15.2 Å². The fourth-order valence-electron chi connectivity index (χ4n) is 2.58. The van der Waals surface area contributed by atoms with Gasteiger partial charge in [0.05, 0.1) is 0 Å². The first-order valence-electron chi connectivity index (χ1n) is 8.63. The molecule has 0 spiro atoms. The van der Waals surface area contributed by atoms with Crippen molar-refractivity contribution < 1.29 is 14.6 Å². The van der Waals surface area contributed by atoms with Crippen molar-refractivity contribution in [3.63, 3.8) is 0 Å². The van der Waals surface area contributed by atoms with Crippen molar-refractivity contribution in [1.82, 2.24) is 9.88 Å². The number of carbonyl (C=O) groups is 1. The van der Waals surface area contributed by atoms with Gasteiger partial charge in [-0.3, -0.25) is 14.2 Å². The third-order valence-electron chi connectivity index (χ3n) is 4.08. The van der Waals surface area contributed by atoms with E-state index in [-0.39, 0.29) is 5.56 Å². The molecule has 2 aromatic carbocycles. The molecule has 2 N–H and O–H groups in total. The smallest absolute Gasteiger partial charge is 0.273 e. The minimum Gasteiger partial charge on any atom is -0.487 e. The molecule has 0 aliphatic carbocycles. The molecule has 28 heavy (non-hydrogen) atoms. The Balaban J connectivity index is 1.73. The number of benzene rings is 2. The van der Waals surface area contributed by atoms with E-state index in [1.54, 1.807) is 24.4 Å². The molecule has 144 valence electrons. The highest BCUT2D eigenvalue weighted by Gasteiger charge is 2.10. The lowest BCUT2D eigenvalue weighted by Crippen LogP contribution is -2.25. The van der Waals surface area contributed by atoms with Crippen molar-refractivity contribution in [3.8, 4) is 11.4 Å². The van der Waals surface area contributed by atoms with E-state index >= 15 is 0 Å². The minimum absolute atomic E-state index is 0.230. The third-order valence-corrected chi connectivity index (χ3v) is 4.81. The standard InChI is InChI=1S/C21H19BrN2O4/c22-20-18(28-14-16-4-2-1-3-5-16)10-11-24(21(20)27)17-8-6-15(7-9-17)12-23-19(26)13-25/h1-11,25H,12-14H2,(H,23,26). The highest BCUT2D eigenvalue weighted by atomic mass is 79.9. The summed E-state index contributed by atoms with van der Waals surface area (Å²) in [5.74, 6) is 0.0451. The molecule has 0 saturated carbocycles. The monoisotopic (exact) mass is 442 g/mol. The van der Waals surface area contributed by atoms with E-state index < -0.39 is 12.5 Å². The number of aliphatic hydroxyl groups is 1. The fourth-order valence-corrected chi connectivity index (χ4v) is 3.01. The highest BCUT2D eigenvalue weighted by Crippen LogP contribution is 2.22. The molecular formula is C21H19BrN2O4. The molecule has 0 aliphatic rings. The van der Waals surface area contributed by atoms with Gasteiger partial charge in [0.2, 0.25) is 5.91 Å².